The second-order valence-electron chi connectivity index (χ2n) is 6.27. The number of carbonyl (C=O) groups is 1. The summed E-state index contributed by atoms with van der Waals surface area (Å²) in [6, 6.07) is 5.87. The van der Waals surface area contributed by atoms with E-state index in [1.165, 1.54) is 25.7 Å². The normalized spacial score (nSPS) is 28.6. The summed E-state index contributed by atoms with van der Waals surface area (Å²) in [6.45, 7) is 2.02. The van der Waals surface area contributed by atoms with Gasteiger partial charge in [-0.25, -0.2) is 0 Å². The first-order valence-electron chi connectivity index (χ1n) is 7.35. The fraction of sp³-hybridized carbons (Fsp3) is 0.588. The molecule has 0 heterocycles. The Morgan fingerprint density at radius 3 is 2.79 bits per heavy atom. The minimum Gasteiger partial charge on any atom is -0.496 e. The average molecular weight is 258 g/mol. The van der Waals surface area contributed by atoms with Crippen molar-refractivity contribution in [3.05, 3.63) is 29.3 Å². The molecule has 0 saturated heterocycles. The molecular weight excluding hydrogens is 236 g/mol. The molecule has 2 saturated carbocycles. The van der Waals surface area contributed by atoms with Gasteiger partial charge in [0.2, 0.25) is 0 Å². The lowest BCUT2D eigenvalue weighted by atomic mass is 9.84. The molecule has 2 nitrogen and oxygen atoms in total. The fourth-order valence-corrected chi connectivity index (χ4v) is 4.00. The van der Waals surface area contributed by atoms with Crippen LogP contribution in [0.15, 0.2) is 18.2 Å². The number of hydrogen-bond acceptors (Lipinski definition) is 2. The maximum Gasteiger partial charge on any atom is 0.166 e. The van der Waals surface area contributed by atoms with Gasteiger partial charge < -0.3 is 4.74 Å². The molecule has 0 spiro atoms. The molecule has 2 aliphatic carbocycles. The number of benzene rings is 1. The Labute approximate surface area is 115 Å². The van der Waals surface area contributed by atoms with E-state index in [-0.39, 0.29) is 5.78 Å². The summed E-state index contributed by atoms with van der Waals surface area (Å²) in [6.07, 6.45) is 6.07. The number of rotatable bonds is 4. The Kier molecular flexibility index (Phi) is 3.34. The molecule has 0 amide bonds. The first-order chi connectivity index (χ1) is 9.17. The number of aryl methyl sites for hydroxylation is 1. The van der Waals surface area contributed by atoms with Gasteiger partial charge in [0, 0.05) is 6.42 Å². The van der Waals surface area contributed by atoms with Crippen LogP contribution in [-0.4, -0.2) is 12.9 Å². The highest BCUT2D eigenvalue weighted by atomic mass is 16.5. The summed E-state index contributed by atoms with van der Waals surface area (Å²) in [5, 5.41) is 0. The minimum atomic E-state index is 0.259. The third kappa shape index (κ3) is 2.41. The van der Waals surface area contributed by atoms with E-state index in [2.05, 4.69) is 0 Å². The van der Waals surface area contributed by atoms with E-state index in [1.807, 2.05) is 25.1 Å². The first-order valence-corrected chi connectivity index (χ1v) is 7.35. The number of carbonyl (C=O) groups excluding carboxylic acids is 1. The Morgan fingerprint density at radius 1 is 1.32 bits per heavy atom. The fourth-order valence-electron chi connectivity index (χ4n) is 4.00. The SMILES string of the molecule is COc1cc(C)ccc1C(=O)CC1CC2CCC1C2. The van der Waals surface area contributed by atoms with E-state index in [1.54, 1.807) is 7.11 Å². The standard InChI is InChI=1S/C17H22O2/c1-11-3-6-15(17(7-11)19-2)16(18)10-14-9-12-4-5-13(14)8-12/h3,6-7,12-14H,4-5,8-10H2,1-2H3. The number of Topliss-reactive ketones (excluding diaryl/α,β-unsaturated/α-hetero) is 1. The zero-order valence-corrected chi connectivity index (χ0v) is 11.8. The summed E-state index contributed by atoms with van der Waals surface area (Å²) in [5.74, 6) is 3.33. The van der Waals surface area contributed by atoms with Crippen LogP contribution in [0.3, 0.4) is 0 Å². The van der Waals surface area contributed by atoms with Gasteiger partial charge in [0.25, 0.3) is 0 Å². The largest absolute Gasteiger partial charge is 0.496 e. The molecule has 2 aliphatic rings. The van der Waals surface area contributed by atoms with Crippen LogP contribution in [-0.2, 0) is 0 Å². The number of ketones is 1. The van der Waals surface area contributed by atoms with Crippen molar-refractivity contribution in [2.24, 2.45) is 17.8 Å². The van der Waals surface area contributed by atoms with Crippen molar-refractivity contribution in [3.8, 4) is 5.75 Å². The van der Waals surface area contributed by atoms with Crippen LogP contribution in [0.4, 0.5) is 0 Å². The van der Waals surface area contributed by atoms with Crippen molar-refractivity contribution in [3.63, 3.8) is 0 Å². The predicted molar refractivity (Wildman–Crippen MR) is 75.6 cm³/mol. The van der Waals surface area contributed by atoms with Crippen LogP contribution in [0.2, 0.25) is 0 Å². The van der Waals surface area contributed by atoms with E-state index in [0.717, 1.165) is 28.7 Å². The molecule has 0 aromatic heterocycles. The summed E-state index contributed by atoms with van der Waals surface area (Å²) in [5.41, 5.74) is 1.89. The van der Waals surface area contributed by atoms with Gasteiger partial charge in [0.15, 0.2) is 5.78 Å². The smallest absolute Gasteiger partial charge is 0.166 e. The molecule has 2 heteroatoms. The quantitative estimate of drug-likeness (QED) is 0.763. The summed E-state index contributed by atoms with van der Waals surface area (Å²) < 4.78 is 5.35. The van der Waals surface area contributed by atoms with Gasteiger partial charge >= 0.3 is 0 Å². The monoisotopic (exact) mass is 258 g/mol. The van der Waals surface area contributed by atoms with Crippen molar-refractivity contribution >= 4 is 5.78 Å². The van der Waals surface area contributed by atoms with Crippen molar-refractivity contribution < 1.29 is 9.53 Å². The van der Waals surface area contributed by atoms with Gasteiger partial charge in [-0.05, 0) is 61.6 Å². The molecule has 2 bridgehead atoms. The van der Waals surface area contributed by atoms with Crippen molar-refractivity contribution in [1.29, 1.82) is 0 Å². The summed E-state index contributed by atoms with van der Waals surface area (Å²) in [7, 11) is 1.64. The van der Waals surface area contributed by atoms with Gasteiger partial charge in [-0.2, -0.15) is 0 Å². The topological polar surface area (TPSA) is 26.3 Å². The highest BCUT2D eigenvalue weighted by Crippen LogP contribution is 2.49. The number of methoxy groups -OCH3 is 1. The van der Waals surface area contributed by atoms with Crippen LogP contribution in [0.5, 0.6) is 5.75 Å². The maximum atomic E-state index is 12.5. The third-order valence-electron chi connectivity index (χ3n) is 4.99. The molecule has 0 aliphatic heterocycles. The molecule has 102 valence electrons. The first kappa shape index (κ1) is 12.7. The second kappa shape index (κ2) is 4.99. The maximum absolute atomic E-state index is 12.5. The van der Waals surface area contributed by atoms with Crippen LogP contribution in [0, 0.1) is 24.7 Å². The van der Waals surface area contributed by atoms with E-state index in [9.17, 15) is 4.79 Å². The van der Waals surface area contributed by atoms with Crippen LogP contribution >= 0.6 is 0 Å². The van der Waals surface area contributed by atoms with E-state index < -0.39 is 0 Å². The molecule has 19 heavy (non-hydrogen) atoms. The molecule has 2 fully saturated rings. The minimum absolute atomic E-state index is 0.259. The zero-order valence-electron chi connectivity index (χ0n) is 11.8. The molecule has 3 atom stereocenters. The van der Waals surface area contributed by atoms with Crippen molar-refractivity contribution in [2.45, 2.75) is 39.0 Å². The Balaban J connectivity index is 1.73. The van der Waals surface area contributed by atoms with Gasteiger partial charge in [-0.15, -0.1) is 0 Å². The lowest BCUT2D eigenvalue weighted by Gasteiger charge is -2.21. The molecule has 3 rings (SSSR count). The van der Waals surface area contributed by atoms with Gasteiger partial charge in [-0.3, -0.25) is 4.79 Å². The van der Waals surface area contributed by atoms with Gasteiger partial charge in [-0.1, -0.05) is 12.5 Å². The van der Waals surface area contributed by atoms with Gasteiger partial charge in [0.1, 0.15) is 5.75 Å². The summed E-state index contributed by atoms with van der Waals surface area (Å²) >= 11 is 0. The summed E-state index contributed by atoms with van der Waals surface area (Å²) in [4.78, 5) is 12.5. The van der Waals surface area contributed by atoms with Gasteiger partial charge in [0.05, 0.1) is 12.7 Å². The Bertz CT molecular complexity index is 492. The average Bonchev–Trinajstić information content (AvgIpc) is 3.00. The van der Waals surface area contributed by atoms with E-state index >= 15 is 0 Å². The lowest BCUT2D eigenvalue weighted by molar-refractivity contribution is 0.0941. The van der Waals surface area contributed by atoms with E-state index in [4.69, 9.17) is 4.74 Å². The van der Waals surface area contributed by atoms with Crippen LogP contribution in [0.25, 0.3) is 0 Å². The molecule has 1 aromatic carbocycles. The predicted octanol–water partition coefficient (Wildman–Crippen LogP) is 4.01. The highest BCUT2D eigenvalue weighted by Gasteiger charge is 2.40. The van der Waals surface area contributed by atoms with E-state index in [0.29, 0.717) is 12.3 Å². The molecule has 0 N–H and O–H groups in total. The van der Waals surface area contributed by atoms with Crippen molar-refractivity contribution in [1.82, 2.24) is 0 Å². The lowest BCUT2D eigenvalue weighted by Crippen LogP contribution is -2.15. The van der Waals surface area contributed by atoms with Crippen molar-refractivity contribution in [2.75, 3.05) is 7.11 Å². The highest BCUT2D eigenvalue weighted by molar-refractivity contribution is 5.98. The number of fused-ring (bicyclic) bond motifs is 2. The van der Waals surface area contributed by atoms with Crippen LogP contribution < -0.4 is 4.74 Å². The molecule has 1 aromatic rings. The molecule has 0 radical (unpaired) electrons. The molecular formula is C17H22O2. The second-order valence-corrected chi connectivity index (χ2v) is 6.27. The van der Waals surface area contributed by atoms with Crippen LogP contribution in [0.1, 0.15) is 48.0 Å². The Hall–Kier alpha value is -1.31. The third-order valence-corrected chi connectivity index (χ3v) is 4.99. The number of ether oxygens (including phenoxy) is 1. The zero-order chi connectivity index (χ0) is 13.4. The number of hydrogen-bond donors (Lipinski definition) is 0. The molecule has 3 unspecified atom stereocenters. The Morgan fingerprint density at radius 2 is 2.16 bits per heavy atom.